The van der Waals surface area contributed by atoms with Crippen LogP contribution in [0.4, 0.5) is 4.79 Å². The van der Waals surface area contributed by atoms with Crippen molar-refractivity contribution in [3.63, 3.8) is 0 Å². The minimum Gasteiger partial charge on any atom is -0.481 e. The second-order valence-electron chi connectivity index (χ2n) is 6.26. The molecule has 0 spiro atoms. The van der Waals surface area contributed by atoms with E-state index >= 15 is 0 Å². The summed E-state index contributed by atoms with van der Waals surface area (Å²) >= 11 is 0. The van der Waals surface area contributed by atoms with Crippen molar-refractivity contribution in [2.75, 3.05) is 33.4 Å². The largest absolute Gasteiger partial charge is 0.481 e. The number of rotatable bonds is 8. The van der Waals surface area contributed by atoms with Gasteiger partial charge in [-0.3, -0.25) is 4.79 Å². The lowest BCUT2D eigenvalue weighted by Gasteiger charge is -2.21. The van der Waals surface area contributed by atoms with Gasteiger partial charge in [-0.25, -0.2) is 4.79 Å². The number of aliphatic carboxylic acids is 1. The number of nitrogens with zero attached hydrogens (tertiary/aromatic N) is 1. The molecule has 0 saturated heterocycles. The average molecular weight is 298 g/mol. The Morgan fingerprint density at radius 3 is 2.71 bits per heavy atom. The van der Waals surface area contributed by atoms with Crippen LogP contribution in [-0.4, -0.2) is 55.4 Å². The first-order chi connectivity index (χ1) is 10.1. The molecule has 2 atom stereocenters. The van der Waals surface area contributed by atoms with E-state index in [9.17, 15) is 9.59 Å². The normalized spacial score (nSPS) is 24.8. The molecule has 21 heavy (non-hydrogen) atoms. The number of hydrogen-bond acceptors (Lipinski definition) is 3. The molecule has 2 aliphatic carbocycles. The summed E-state index contributed by atoms with van der Waals surface area (Å²) in [5.74, 6) is -0.253. The molecule has 0 aromatic carbocycles. The first-order valence-corrected chi connectivity index (χ1v) is 7.87. The molecule has 0 radical (unpaired) electrons. The lowest BCUT2D eigenvalue weighted by molar-refractivity contribution is -0.142. The van der Waals surface area contributed by atoms with Crippen molar-refractivity contribution in [2.24, 2.45) is 17.8 Å². The topological polar surface area (TPSA) is 78.9 Å². The van der Waals surface area contributed by atoms with Crippen LogP contribution < -0.4 is 5.32 Å². The van der Waals surface area contributed by atoms with Crippen LogP contribution in [0, 0.1) is 17.8 Å². The van der Waals surface area contributed by atoms with Gasteiger partial charge in [0.25, 0.3) is 0 Å². The minimum atomic E-state index is -0.742. The quantitative estimate of drug-likeness (QED) is 0.666. The first-order valence-electron chi connectivity index (χ1n) is 7.87. The van der Waals surface area contributed by atoms with Gasteiger partial charge in [-0.15, -0.1) is 0 Å². The number of carbonyl (C=O) groups is 2. The van der Waals surface area contributed by atoms with E-state index < -0.39 is 5.97 Å². The highest BCUT2D eigenvalue weighted by Gasteiger charge is 2.33. The summed E-state index contributed by atoms with van der Waals surface area (Å²) in [4.78, 5) is 24.6. The summed E-state index contributed by atoms with van der Waals surface area (Å²) in [6.07, 6.45) is 5.07. The fraction of sp³-hybridized carbons (Fsp3) is 0.867. The van der Waals surface area contributed by atoms with Gasteiger partial charge < -0.3 is 20.1 Å². The molecule has 2 amide bonds. The number of hydrogen-bond donors (Lipinski definition) is 2. The van der Waals surface area contributed by atoms with Gasteiger partial charge in [-0.05, 0) is 37.5 Å². The minimum absolute atomic E-state index is 0.0611. The number of ether oxygens (including phenoxy) is 1. The van der Waals surface area contributed by atoms with E-state index in [-0.39, 0.29) is 17.9 Å². The fourth-order valence-corrected chi connectivity index (χ4v) is 2.80. The third-order valence-electron chi connectivity index (χ3n) is 4.46. The molecule has 0 aliphatic heterocycles. The van der Waals surface area contributed by atoms with Crippen LogP contribution in [0.25, 0.3) is 0 Å². The van der Waals surface area contributed by atoms with E-state index in [1.54, 1.807) is 11.9 Å². The van der Waals surface area contributed by atoms with Crippen LogP contribution in [0.15, 0.2) is 0 Å². The Morgan fingerprint density at radius 1 is 1.29 bits per heavy atom. The van der Waals surface area contributed by atoms with Crippen LogP contribution in [0.2, 0.25) is 0 Å². The monoisotopic (exact) mass is 298 g/mol. The van der Waals surface area contributed by atoms with Gasteiger partial charge in [-0.1, -0.05) is 6.42 Å². The zero-order valence-corrected chi connectivity index (χ0v) is 12.7. The number of likely N-dealkylation sites (N-methyl/N-ethyl adjacent to an activating group) is 1. The van der Waals surface area contributed by atoms with Crippen LogP contribution >= 0.6 is 0 Å². The summed E-state index contributed by atoms with van der Waals surface area (Å²) in [7, 11) is 1.74. The fourth-order valence-electron chi connectivity index (χ4n) is 2.80. The maximum atomic E-state index is 11.9. The van der Waals surface area contributed by atoms with Gasteiger partial charge in [0, 0.05) is 26.7 Å². The molecule has 2 aliphatic rings. The smallest absolute Gasteiger partial charge is 0.317 e. The molecule has 120 valence electrons. The molecule has 0 aromatic rings. The van der Waals surface area contributed by atoms with E-state index in [2.05, 4.69) is 5.32 Å². The van der Waals surface area contributed by atoms with Gasteiger partial charge in [0.1, 0.15) is 0 Å². The number of carboxylic acids is 1. The Balaban J connectivity index is 1.59. The SMILES string of the molecule is CN(CCOCC1CC1)C(=O)NCC1CCCC1C(=O)O. The van der Waals surface area contributed by atoms with Crippen molar-refractivity contribution >= 4 is 12.0 Å². The van der Waals surface area contributed by atoms with E-state index in [0.717, 1.165) is 31.8 Å². The number of urea groups is 1. The Kier molecular flexibility index (Phi) is 5.85. The molecule has 0 aromatic heterocycles. The Morgan fingerprint density at radius 2 is 2.05 bits per heavy atom. The molecule has 2 unspecified atom stereocenters. The molecule has 2 saturated carbocycles. The number of nitrogens with one attached hydrogen (secondary N) is 1. The highest BCUT2D eigenvalue weighted by atomic mass is 16.5. The molecule has 0 heterocycles. The molecule has 2 rings (SSSR count). The Bertz CT molecular complexity index is 371. The summed E-state index contributed by atoms with van der Waals surface area (Å²) in [5.41, 5.74) is 0. The van der Waals surface area contributed by atoms with Gasteiger partial charge in [0.2, 0.25) is 0 Å². The third-order valence-corrected chi connectivity index (χ3v) is 4.46. The summed E-state index contributed by atoms with van der Waals surface area (Å²) in [6, 6.07) is -0.152. The van der Waals surface area contributed by atoms with Crippen LogP contribution in [0.3, 0.4) is 0 Å². The number of carbonyl (C=O) groups excluding carboxylic acids is 1. The molecule has 2 fully saturated rings. The zero-order valence-electron chi connectivity index (χ0n) is 12.7. The predicted molar refractivity (Wildman–Crippen MR) is 78.0 cm³/mol. The van der Waals surface area contributed by atoms with Gasteiger partial charge in [0.15, 0.2) is 0 Å². The highest BCUT2D eigenvalue weighted by molar-refractivity contribution is 5.74. The van der Waals surface area contributed by atoms with Crippen molar-refractivity contribution < 1.29 is 19.4 Å². The lowest BCUT2D eigenvalue weighted by Crippen LogP contribution is -2.42. The first kappa shape index (κ1) is 16.1. The summed E-state index contributed by atoms with van der Waals surface area (Å²) < 4.78 is 5.51. The second kappa shape index (κ2) is 7.64. The second-order valence-corrected chi connectivity index (χ2v) is 6.26. The standard InChI is InChI=1S/C15H26N2O4/c1-17(7-8-21-10-11-5-6-11)15(20)16-9-12-3-2-4-13(12)14(18)19/h11-13H,2-10H2,1H3,(H,16,20)(H,18,19). The van der Waals surface area contributed by atoms with E-state index in [1.807, 2.05) is 0 Å². The molecular weight excluding hydrogens is 272 g/mol. The van der Waals surface area contributed by atoms with Crippen molar-refractivity contribution in [1.29, 1.82) is 0 Å². The van der Waals surface area contributed by atoms with Crippen molar-refractivity contribution in [3.8, 4) is 0 Å². The van der Waals surface area contributed by atoms with Gasteiger partial charge in [-0.2, -0.15) is 0 Å². The summed E-state index contributed by atoms with van der Waals surface area (Å²) in [5, 5.41) is 12.0. The maximum absolute atomic E-state index is 11.9. The van der Waals surface area contributed by atoms with Gasteiger partial charge in [0.05, 0.1) is 12.5 Å². The van der Waals surface area contributed by atoms with Crippen molar-refractivity contribution in [1.82, 2.24) is 10.2 Å². The van der Waals surface area contributed by atoms with E-state index in [4.69, 9.17) is 9.84 Å². The Hall–Kier alpha value is -1.30. The maximum Gasteiger partial charge on any atom is 0.317 e. The average Bonchev–Trinajstić information content (AvgIpc) is 3.15. The van der Waals surface area contributed by atoms with E-state index in [1.165, 1.54) is 12.8 Å². The van der Waals surface area contributed by atoms with Crippen molar-refractivity contribution in [2.45, 2.75) is 32.1 Å². The predicted octanol–water partition coefficient (Wildman–Crippen LogP) is 1.56. The Labute approximate surface area is 125 Å². The van der Waals surface area contributed by atoms with Gasteiger partial charge >= 0.3 is 12.0 Å². The molecular formula is C15H26N2O4. The van der Waals surface area contributed by atoms with Crippen LogP contribution in [0.1, 0.15) is 32.1 Å². The van der Waals surface area contributed by atoms with E-state index in [0.29, 0.717) is 19.7 Å². The number of carboxylic acid groups (broad SMARTS) is 1. The van der Waals surface area contributed by atoms with Crippen LogP contribution in [-0.2, 0) is 9.53 Å². The van der Waals surface area contributed by atoms with Crippen LogP contribution in [0.5, 0.6) is 0 Å². The van der Waals surface area contributed by atoms with Crippen molar-refractivity contribution in [3.05, 3.63) is 0 Å². The zero-order chi connectivity index (χ0) is 15.2. The highest BCUT2D eigenvalue weighted by Crippen LogP contribution is 2.31. The molecule has 6 nitrogen and oxygen atoms in total. The number of amides is 2. The molecule has 6 heteroatoms. The lowest BCUT2D eigenvalue weighted by atomic mass is 9.96. The molecule has 0 bridgehead atoms. The third kappa shape index (κ3) is 5.19. The molecule has 2 N–H and O–H groups in total. The summed E-state index contributed by atoms with van der Waals surface area (Å²) in [6.45, 7) is 2.37.